The van der Waals surface area contributed by atoms with Crippen LogP contribution in [0.15, 0.2) is 12.3 Å². The summed E-state index contributed by atoms with van der Waals surface area (Å²) in [5, 5.41) is 4.43. The molecule has 1 aliphatic heterocycles. The van der Waals surface area contributed by atoms with Gasteiger partial charge in [-0.15, -0.1) is 0 Å². The molecule has 0 amide bonds. The first kappa shape index (κ1) is 16.1. The fraction of sp³-hybridized carbons (Fsp3) is 0.600. The quantitative estimate of drug-likeness (QED) is 0.864. The molecule has 1 saturated heterocycles. The van der Waals surface area contributed by atoms with E-state index in [0.717, 1.165) is 49.0 Å². The summed E-state index contributed by atoms with van der Waals surface area (Å²) < 4.78 is 9.49. The van der Waals surface area contributed by atoms with Crippen LogP contribution in [0.2, 0.25) is 0 Å². The van der Waals surface area contributed by atoms with Gasteiger partial charge in [0.05, 0.1) is 6.61 Å². The van der Waals surface area contributed by atoms with E-state index in [1.165, 1.54) is 11.5 Å². The first-order valence-corrected chi connectivity index (χ1v) is 8.64. The van der Waals surface area contributed by atoms with Gasteiger partial charge in [-0.2, -0.15) is 4.37 Å². The summed E-state index contributed by atoms with van der Waals surface area (Å²) in [5.74, 6) is 1.57. The van der Waals surface area contributed by atoms with Crippen LogP contribution in [0.4, 0.5) is 11.1 Å². The van der Waals surface area contributed by atoms with Gasteiger partial charge in [0.2, 0.25) is 11.1 Å². The number of aryl methyl sites for hydroxylation is 1. The predicted octanol–water partition coefficient (Wildman–Crippen LogP) is 1.91. The molecule has 3 rings (SSSR count). The topological polar surface area (TPSA) is 76.1 Å². The van der Waals surface area contributed by atoms with Crippen molar-refractivity contribution in [3.8, 4) is 0 Å². The van der Waals surface area contributed by atoms with Gasteiger partial charge in [-0.3, -0.25) is 0 Å². The fourth-order valence-electron chi connectivity index (χ4n) is 2.64. The second-order valence-corrected chi connectivity index (χ2v) is 6.42. The minimum absolute atomic E-state index is 0.330. The van der Waals surface area contributed by atoms with E-state index in [4.69, 9.17) is 4.74 Å². The molecule has 2 aromatic rings. The fourth-order valence-corrected chi connectivity index (χ4v) is 3.38. The summed E-state index contributed by atoms with van der Waals surface area (Å²) in [6, 6.07) is 2.23. The van der Waals surface area contributed by atoms with E-state index >= 15 is 0 Å². The van der Waals surface area contributed by atoms with Gasteiger partial charge in [0, 0.05) is 56.1 Å². The maximum absolute atomic E-state index is 5.08. The molecular weight excluding hydrogens is 312 g/mol. The van der Waals surface area contributed by atoms with E-state index < -0.39 is 0 Å². The van der Waals surface area contributed by atoms with Crippen molar-refractivity contribution in [2.45, 2.75) is 32.2 Å². The number of aromatic nitrogens is 4. The highest BCUT2D eigenvalue weighted by Gasteiger charge is 2.23. The van der Waals surface area contributed by atoms with Crippen molar-refractivity contribution >= 4 is 22.6 Å². The molecule has 124 valence electrons. The Morgan fingerprint density at radius 3 is 3.17 bits per heavy atom. The number of methoxy groups -OCH3 is 1. The minimum Gasteiger partial charge on any atom is -0.384 e. The zero-order valence-electron chi connectivity index (χ0n) is 13.5. The van der Waals surface area contributed by atoms with E-state index in [-0.39, 0.29) is 0 Å². The van der Waals surface area contributed by atoms with Crippen LogP contribution >= 0.6 is 11.5 Å². The van der Waals surface area contributed by atoms with Crippen LogP contribution in [0, 0.1) is 6.92 Å². The van der Waals surface area contributed by atoms with Gasteiger partial charge >= 0.3 is 0 Å². The van der Waals surface area contributed by atoms with Gasteiger partial charge in [-0.05, 0) is 25.8 Å². The molecule has 2 aromatic heterocycles. The first-order valence-electron chi connectivity index (χ1n) is 7.87. The van der Waals surface area contributed by atoms with E-state index in [0.29, 0.717) is 18.6 Å². The number of nitrogens with zero attached hydrogens (tertiary/aromatic N) is 5. The second-order valence-electron chi connectivity index (χ2n) is 5.69. The van der Waals surface area contributed by atoms with Crippen LogP contribution in [-0.4, -0.2) is 52.2 Å². The average Bonchev–Trinajstić information content (AvgIpc) is 3.02. The van der Waals surface area contributed by atoms with Gasteiger partial charge in [-0.1, -0.05) is 0 Å². The number of ether oxygens (including phenoxy) is 1. The molecule has 0 spiro atoms. The molecule has 3 heterocycles. The van der Waals surface area contributed by atoms with E-state index in [9.17, 15) is 0 Å². The third-order valence-corrected chi connectivity index (χ3v) is 4.62. The maximum Gasteiger partial charge on any atom is 0.223 e. The number of anilines is 2. The first-order chi connectivity index (χ1) is 11.2. The van der Waals surface area contributed by atoms with E-state index in [1.54, 1.807) is 13.3 Å². The lowest BCUT2D eigenvalue weighted by Gasteiger charge is -2.32. The molecule has 0 aromatic carbocycles. The molecule has 1 aliphatic rings. The normalized spacial score (nSPS) is 18.2. The summed E-state index contributed by atoms with van der Waals surface area (Å²) in [5.41, 5.74) is 0.974. The van der Waals surface area contributed by atoms with Crippen LogP contribution < -0.4 is 10.2 Å². The molecule has 1 N–H and O–H groups in total. The standard InChI is InChI=1S/C15H22N6OS/c1-11-5-7-16-14(17-11)18-12-4-3-8-21(10-12)15-19-13(20-23-15)6-9-22-2/h5,7,12H,3-4,6,8-10H2,1-2H3,(H,16,17,18). The molecular formula is C15H22N6OS. The largest absolute Gasteiger partial charge is 0.384 e. The number of nitrogens with one attached hydrogen (secondary N) is 1. The average molecular weight is 334 g/mol. The minimum atomic E-state index is 0.330. The van der Waals surface area contributed by atoms with Crippen molar-refractivity contribution in [3.05, 3.63) is 23.8 Å². The highest BCUT2D eigenvalue weighted by molar-refractivity contribution is 7.09. The van der Waals surface area contributed by atoms with Crippen molar-refractivity contribution in [1.82, 2.24) is 19.3 Å². The Hall–Kier alpha value is -1.80. The number of piperidine rings is 1. The molecule has 0 radical (unpaired) electrons. The second kappa shape index (κ2) is 7.65. The van der Waals surface area contributed by atoms with Gasteiger partial charge < -0.3 is 15.0 Å². The molecule has 0 bridgehead atoms. The van der Waals surface area contributed by atoms with Crippen LogP contribution in [0.5, 0.6) is 0 Å². The van der Waals surface area contributed by atoms with Crippen LogP contribution in [0.1, 0.15) is 24.4 Å². The highest BCUT2D eigenvalue weighted by Crippen LogP contribution is 2.23. The van der Waals surface area contributed by atoms with Gasteiger partial charge in [0.15, 0.2) is 0 Å². The van der Waals surface area contributed by atoms with Crippen molar-refractivity contribution in [2.75, 3.05) is 37.0 Å². The van der Waals surface area contributed by atoms with Gasteiger partial charge in [0.25, 0.3) is 0 Å². The summed E-state index contributed by atoms with van der Waals surface area (Å²) in [4.78, 5) is 15.6. The van der Waals surface area contributed by atoms with Crippen molar-refractivity contribution in [3.63, 3.8) is 0 Å². The summed E-state index contributed by atoms with van der Waals surface area (Å²) in [6.45, 7) is 4.55. The lowest BCUT2D eigenvalue weighted by molar-refractivity contribution is 0.201. The Bertz CT molecular complexity index is 634. The summed E-state index contributed by atoms with van der Waals surface area (Å²) in [7, 11) is 1.70. The summed E-state index contributed by atoms with van der Waals surface area (Å²) in [6.07, 6.45) is 4.79. The Morgan fingerprint density at radius 2 is 2.35 bits per heavy atom. The lowest BCUT2D eigenvalue weighted by atomic mass is 10.1. The molecule has 0 saturated carbocycles. The Labute approximate surface area is 140 Å². The molecule has 1 unspecified atom stereocenters. The van der Waals surface area contributed by atoms with E-state index in [1.807, 2.05) is 13.0 Å². The van der Waals surface area contributed by atoms with Crippen molar-refractivity contribution in [2.24, 2.45) is 0 Å². The number of hydrogen-bond acceptors (Lipinski definition) is 8. The smallest absolute Gasteiger partial charge is 0.223 e. The third-order valence-electron chi connectivity index (χ3n) is 3.81. The highest BCUT2D eigenvalue weighted by atomic mass is 32.1. The van der Waals surface area contributed by atoms with E-state index in [2.05, 4.69) is 29.5 Å². The van der Waals surface area contributed by atoms with Crippen molar-refractivity contribution in [1.29, 1.82) is 0 Å². The number of hydrogen-bond donors (Lipinski definition) is 1. The predicted molar refractivity (Wildman–Crippen MR) is 91.1 cm³/mol. The molecule has 1 fully saturated rings. The molecule has 1 atom stereocenters. The Kier molecular flexibility index (Phi) is 5.35. The Morgan fingerprint density at radius 1 is 1.43 bits per heavy atom. The molecule has 8 heteroatoms. The monoisotopic (exact) mass is 334 g/mol. The third kappa shape index (κ3) is 4.35. The summed E-state index contributed by atoms with van der Waals surface area (Å²) >= 11 is 1.47. The SMILES string of the molecule is COCCc1nsc(N2CCCC(Nc3nccc(C)n3)C2)n1. The van der Waals surface area contributed by atoms with Gasteiger partial charge in [-0.25, -0.2) is 15.0 Å². The van der Waals surface area contributed by atoms with Crippen LogP contribution in [0.3, 0.4) is 0 Å². The zero-order valence-corrected chi connectivity index (χ0v) is 14.3. The maximum atomic E-state index is 5.08. The zero-order chi connectivity index (χ0) is 16.1. The van der Waals surface area contributed by atoms with Crippen LogP contribution in [-0.2, 0) is 11.2 Å². The van der Waals surface area contributed by atoms with Crippen molar-refractivity contribution < 1.29 is 4.74 Å². The lowest BCUT2D eigenvalue weighted by Crippen LogP contribution is -2.42. The van der Waals surface area contributed by atoms with Crippen LogP contribution in [0.25, 0.3) is 0 Å². The van der Waals surface area contributed by atoms with Gasteiger partial charge in [0.1, 0.15) is 5.82 Å². The Balaban J connectivity index is 1.60. The molecule has 7 nitrogen and oxygen atoms in total. The number of rotatable bonds is 6. The molecule has 0 aliphatic carbocycles. The molecule has 23 heavy (non-hydrogen) atoms.